The van der Waals surface area contributed by atoms with E-state index in [9.17, 15) is 0 Å². The number of ether oxygens (including phenoxy) is 1. The van der Waals surface area contributed by atoms with Gasteiger partial charge in [0.1, 0.15) is 0 Å². The molecule has 4 heteroatoms. The maximum Gasteiger partial charge on any atom is 0.0638 e. The molecule has 0 aromatic heterocycles. The Labute approximate surface area is 112 Å². The van der Waals surface area contributed by atoms with Gasteiger partial charge in [-0.15, -0.1) is 0 Å². The van der Waals surface area contributed by atoms with Gasteiger partial charge in [-0.3, -0.25) is 0 Å². The van der Waals surface area contributed by atoms with E-state index < -0.39 is 0 Å². The van der Waals surface area contributed by atoms with Crippen molar-refractivity contribution in [3.8, 4) is 0 Å². The fraction of sp³-hybridized carbons (Fsp3) is 1.00. The van der Waals surface area contributed by atoms with Crippen LogP contribution in [-0.4, -0.2) is 68.3 Å². The van der Waals surface area contributed by atoms with Gasteiger partial charge in [0, 0.05) is 32.8 Å². The average Bonchev–Trinajstić information content (AvgIpc) is 2.86. The third-order valence-electron chi connectivity index (χ3n) is 4.14. The molecule has 0 spiro atoms. The largest absolute Gasteiger partial charge is 0.379 e. The molecule has 2 N–H and O–H groups in total. The Bertz CT molecular complexity index is 227. The lowest BCUT2D eigenvalue weighted by molar-refractivity contribution is -0.00510. The molecule has 18 heavy (non-hydrogen) atoms. The zero-order valence-corrected chi connectivity index (χ0v) is 12.6. The Hall–Kier alpha value is -0.160. The third kappa shape index (κ3) is 5.22. The number of likely N-dealkylation sites (N-methyl/N-ethyl adjacent to an activating group) is 1. The number of methoxy groups -OCH3 is 1. The molecule has 1 aliphatic rings. The van der Waals surface area contributed by atoms with E-state index in [-0.39, 0.29) is 5.60 Å². The molecule has 1 fully saturated rings. The number of rotatable bonds is 8. The summed E-state index contributed by atoms with van der Waals surface area (Å²) < 4.78 is 5.51. The smallest absolute Gasteiger partial charge is 0.0638 e. The highest BCUT2D eigenvalue weighted by Crippen LogP contribution is 2.18. The van der Waals surface area contributed by atoms with E-state index in [0.717, 1.165) is 13.0 Å². The van der Waals surface area contributed by atoms with Gasteiger partial charge in [0.25, 0.3) is 0 Å². The highest BCUT2D eigenvalue weighted by atomic mass is 16.5. The molecule has 0 saturated carbocycles. The van der Waals surface area contributed by atoms with E-state index in [1.807, 2.05) is 0 Å². The Morgan fingerprint density at radius 1 is 1.33 bits per heavy atom. The average molecular weight is 257 g/mol. The minimum Gasteiger partial charge on any atom is -0.379 e. The summed E-state index contributed by atoms with van der Waals surface area (Å²) in [5.74, 6) is 0. The summed E-state index contributed by atoms with van der Waals surface area (Å²) in [7, 11) is 3.96. The summed E-state index contributed by atoms with van der Waals surface area (Å²) in [6.07, 6.45) is 3.71. The second-order valence-electron chi connectivity index (χ2n) is 6.09. The SMILES string of the molecule is COC(C)(C)CC(CN)N(C)CCN1CCCC1. The van der Waals surface area contributed by atoms with Gasteiger partial charge in [0.2, 0.25) is 0 Å². The molecule has 1 saturated heterocycles. The van der Waals surface area contributed by atoms with Crippen molar-refractivity contribution >= 4 is 0 Å². The van der Waals surface area contributed by atoms with Crippen LogP contribution in [0.2, 0.25) is 0 Å². The molecular formula is C14H31N3O. The van der Waals surface area contributed by atoms with Crippen LogP contribution in [0.15, 0.2) is 0 Å². The first-order chi connectivity index (χ1) is 8.48. The van der Waals surface area contributed by atoms with Gasteiger partial charge in [-0.25, -0.2) is 0 Å². The molecule has 1 unspecified atom stereocenters. The predicted molar refractivity (Wildman–Crippen MR) is 76.9 cm³/mol. The van der Waals surface area contributed by atoms with Crippen molar-refractivity contribution in [1.29, 1.82) is 0 Å². The van der Waals surface area contributed by atoms with Crippen LogP contribution in [0.25, 0.3) is 0 Å². The molecule has 4 nitrogen and oxygen atoms in total. The van der Waals surface area contributed by atoms with Gasteiger partial charge >= 0.3 is 0 Å². The van der Waals surface area contributed by atoms with Crippen molar-refractivity contribution in [2.24, 2.45) is 5.73 Å². The quantitative estimate of drug-likeness (QED) is 0.708. The molecule has 0 radical (unpaired) electrons. The topological polar surface area (TPSA) is 41.7 Å². The van der Waals surface area contributed by atoms with Gasteiger partial charge in [-0.2, -0.15) is 0 Å². The first-order valence-corrected chi connectivity index (χ1v) is 7.16. The monoisotopic (exact) mass is 257 g/mol. The van der Waals surface area contributed by atoms with E-state index in [1.165, 1.54) is 32.5 Å². The fourth-order valence-corrected chi connectivity index (χ4v) is 2.56. The van der Waals surface area contributed by atoms with Gasteiger partial charge in [-0.1, -0.05) is 0 Å². The van der Waals surface area contributed by atoms with Crippen molar-refractivity contribution in [3.05, 3.63) is 0 Å². The number of hydrogen-bond acceptors (Lipinski definition) is 4. The van der Waals surface area contributed by atoms with Crippen LogP contribution in [0.5, 0.6) is 0 Å². The van der Waals surface area contributed by atoms with Crippen molar-refractivity contribution in [1.82, 2.24) is 9.80 Å². The molecular weight excluding hydrogens is 226 g/mol. The predicted octanol–water partition coefficient (Wildman–Crippen LogP) is 1.16. The minimum absolute atomic E-state index is 0.0913. The number of likely N-dealkylation sites (tertiary alicyclic amines) is 1. The maximum absolute atomic E-state index is 5.91. The lowest BCUT2D eigenvalue weighted by Gasteiger charge is -2.34. The summed E-state index contributed by atoms with van der Waals surface area (Å²) in [4.78, 5) is 4.94. The van der Waals surface area contributed by atoms with Crippen LogP contribution in [0.4, 0.5) is 0 Å². The fourth-order valence-electron chi connectivity index (χ4n) is 2.56. The summed E-state index contributed by atoms with van der Waals surface area (Å²) in [6.45, 7) is 9.76. The van der Waals surface area contributed by atoms with E-state index in [1.54, 1.807) is 7.11 Å². The summed E-state index contributed by atoms with van der Waals surface area (Å²) in [5, 5.41) is 0. The first-order valence-electron chi connectivity index (χ1n) is 7.16. The molecule has 0 amide bonds. The van der Waals surface area contributed by atoms with Gasteiger partial charge in [-0.05, 0) is 53.2 Å². The highest BCUT2D eigenvalue weighted by Gasteiger charge is 2.25. The molecule has 1 rings (SSSR count). The molecule has 0 aliphatic carbocycles. The minimum atomic E-state index is -0.0913. The lowest BCUT2D eigenvalue weighted by Crippen LogP contribution is -2.45. The Balaban J connectivity index is 2.33. The number of nitrogens with zero attached hydrogens (tertiary/aromatic N) is 2. The van der Waals surface area contributed by atoms with E-state index in [0.29, 0.717) is 12.6 Å². The van der Waals surface area contributed by atoms with Crippen LogP contribution in [-0.2, 0) is 4.74 Å². The zero-order valence-electron chi connectivity index (χ0n) is 12.6. The molecule has 1 atom stereocenters. The summed E-state index contributed by atoms with van der Waals surface area (Å²) in [6, 6.07) is 0.405. The molecule has 0 bridgehead atoms. The van der Waals surface area contributed by atoms with Gasteiger partial charge in [0.05, 0.1) is 5.60 Å². The van der Waals surface area contributed by atoms with Crippen LogP contribution in [0.1, 0.15) is 33.1 Å². The molecule has 0 aromatic rings. The van der Waals surface area contributed by atoms with Crippen molar-refractivity contribution in [2.45, 2.75) is 44.8 Å². The first kappa shape index (κ1) is 15.9. The number of nitrogens with two attached hydrogens (primary N) is 1. The van der Waals surface area contributed by atoms with Crippen LogP contribution in [0, 0.1) is 0 Å². The second-order valence-corrected chi connectivity index (χ2v) is 6.09. The number of hydrogen-bond donors (Lipinski definition) is 1. The Kier molecular flexibility index (Phi) is 6.57. The molecule has 1 heterocycles. The Morgan fingerprint density at radius 3 is 2.44 bits per heavy atom. The lowest BCUT2D eigenvalue weighted by atomic mass is 9.98. The van der Waals surface area contributed by atoms with Crippen LogP contribution < -0.4 is 5.73 Å². The van der Waals surface area contributed by atoms with E-state index in [4.69, 9.17) is 10.5 Å². The molecule has 0 aromatic carbocycles. The second kappa shape index (κ2) is 7.43. The summed E-state index contributed by atoms with van der Waals surface area (Å²) in [5.41, 5.74) is 5.82. The molecule has 1 aliphatic heterocycles. The van der Waals surface area contributed by atoms with Crippen molar-refractivity contribution < 1.29 is 4.74 Å². The summed E-state index contributed by atoms with van der Waals surface area (Å²) >= 11 is 0. The normalized spacial score (nSPS) is 19.7. The van der Waals surface area contributed by atoms with Crippen molar-refractivity contribution in [3.63, 3.8) is 0 Å². The highest BCUT2D eigenvalue weighted by molar-refractivity contribution is 4.80. The maximum atomic E-state index is 5.91. The van der Waals surface area contributed by atoms with Crippen molar-refractivity contribution in [2.75, 3.05) is 46.9 Å². The van der Waals surface area contributed by atoms with Gasteiger partial charge in [0.15, 0.2) is 0 Å². The van der Waals surface area contributed by atoms with E-state index in [2.05, 4.69) is 30.7 Å². The molecule has 108 valence electrons. The zero-order chi connectivity index (χ0) is 13.6. The third-order valence-corrected chi connectivity index (χ3v) is 4.14. The van der Waals surface area contributed by atoms with Crippen LogP contribution in [0.3, 0.4) is 0 Å². The van der Waals surface area contributed by atoms with E-state index >= 15 is 0 Å². The van der Waals surface area contributed by atoms with Gasteiger partial charge < -0.3 is 20.3 Å². The Morgan fingerprint density at radius 2 is 1.94 bits per heavy atom. The standard InChI is InChI=1S/C14H31N3O/c1-14(2,18-4)11-13(12-15)16(3)9-10-17-7-5-6-8-17/h13H,5-12,15H2,1-4H3. The van der Waals surface area contributed by atoms with Crippen LogP contribution >= 0.6 is 0 Å².